The molecule has 0 spiro atoms. The van der Waals surface area contributed by atoms with Gasteiger partial charge in [0.1, 0.15) is 5.75 Å². The quantitative estimate of drug-likeness (QED) is 0.934. The summed E-state index contributed by atoms with van der Waals surface area (Å²) in [6.07, 6.45) is 3.77. The van der Waals surface area contributed by atoms with Crippen molar-refractivity contribution in [3.8, 4) is 5.75 Å². The summed E-state index contributed by atoms with van der Waals surface area (Å²) in [5.74, 6) is 0.870. The van der Waals surface area contributed by atoms with Gasteiger partial charge in [-0.25, -0.2) is 0 Å². The summed E-state index contributed by atoms with van der Waals surface area (Å²) in [6, 6.07) is 8.06. The number of hydrogen-bond donors (Lipinski definition) is 1. The van der Waals surface area contributed by atoms with E-state index in [4.69, 9.17) is 16.3 Å². The Morgan fingerprint density at radius 1 is 1.22 bits per heavy atom. The largest absolute Gasteiger partial charge is 0.496 e. The van der Waals surface area contributed by atoms with Crippen LogP contribution in [0.25, 0.3) is 0 Å². The van der Waals surface area contributed by atoms with Gasteiger partial charge in [-0.1, -0.05) is 11.6 Å². The number of benzene rings is 1. The molecule has 5 heteroatoms. The predicted octanol–water partition coefficient (Wildman–Crippen LogP) is 3.05. The van der Waals surface area contributed by atoms with Gasteiger partial charge < -0.3 is 10.1 Å². The maximum absolute atomic E-state index is 6.29. The van der Waals surface area contributed by atoms with Crippen molar-refractivity contribution in [2.24, 2.45) is 0 Å². The average Bonchev–Trinajstić information content (AvgIpc) is 2.58. The molecule has 1 aromatic carbocycles. The molecule has 23 heavy (non-hydrogen) atoms. The highest BCUT2D eigenvalue weighted by atomic mass is 35.5. The molecule has 1 atom stereocenters. The fourth-order valence-corrected chi connectivity index (χ4v) is 3.39. The first-order chi connectivity index (χ1) is 11.2. The zero-order valence-electron chi connectivity index (χ0n) is 13.6. The summed E-state index contributed by atoms with van der Waals surface area (Å²) in [6.45, 7) is 6.06. The Balaban J connectivity index is 2.12. The topological polar surface area (TPSA) is 37.4 Å². The number of nitrogens with one attached hydrogen (secondary N) is 1. The number of halogens is 1. The van der Waals surface area contributed by atoms with Crippen molar-refractivity contribution in [3.05, 3.63) is 58.4 Å². The fourth-order valence-electron chi connectivity index (χ4n) is 3.21. The van der Waals surface area contributed by atoms with E-state index in [-0.39, 0.29) is 6.04 Å². The lowest BCUT2D eigenvalue weighted by atomic mass is 9.93. The summed E-state index contributed by atoms with van der Waals surface area (Å²) in [5, 5.41) is 4.15. The lowest BCUT2D eigenvalue weighted by Gasteiger charge is -2.36. The van der Waals surface area contributed by atoms with Crippen LogP contribution in [0.1, 0.15) is 22.7 Å². The summed E-state index contributed by atoms with van der Waals surface area (Å²) in [4.78, 5) is 6.72. The van der Waals surface area contributed by atoms with E-state index in [1.165, 1.54) is 11.1 Å². The highest BCUT2D eigenvalue weighted by Crippen LogP contribution is 2.37. The van der Waals surface area contributed by atoms with Crippen LogP contribution in [0.2, 0.25) is 5.02 Å². The second kappa shape index (κ2) is 7.30. The number of nitrogens with zero attached hydrogens (tertiary/aromatic N) is 2. The zero-order valence-corrected chi connectivity index (χ0v) is 14.3. The van der Waals surface area contributed by atoms with Crippen molar-refractivity contribution < 1.29 is 4.74 Å². The van der Waals surface area contributed by atoms with E-state index in [1.54, 1.807) is 7.11 Å². The van der Waals surface area contributed by atoms with Gasteiger partial charge >= 0.3 is 0 Å². The number of aromatic nitrogens is 1. The summed E-state index contributed by atoms with van der Waals surface area (Å²) >= 11 is 6.29. The third-order valence-corrected chi connectivity index (χ3v) is 4.60. The second-order valence-corrected chi connectivity index (χ2v) is 6.24. The minimum absolute atomic E-state index is 0.119. The first-order valence-corrected chi connectivity index (χ1v) is 8.27. The molecule has 0 radical (unpaired) electrons. The Morgan fingerprint density at radius 2 is 2.00 bits per heavy atom. The molecule has 4 nitrogen and oxygen atoms in total. The zero-order chi connectivity index (χ0) is 16.2. The number of rotatable bonds is 4. The van der Waals surface area contributed by atoms with Crippen molar-refractivity contribution >= 4 is 11.6 Å². The van der Waals surface area contributed by atoms with Gasteiger partial charge in [0.2, 0.25) is 0 Å². The van der Waals surface area contributed by atoms with Gasteiger partial charge in [0.05, 0.1) is 13.2 Å². The summed E-state index contributed by atoms with van der Waals surface area (Å²) in [7, 11) is 1.71. The highest BCUT2D eigenvalue weighted by Gasteiger charge is 2.27. The molecule has 122 valence electrons. The minimum Gasteiger partial charge on any atom is -0.496 e. The SMILES string of the molecule is COc1ccc(Cl)cc1C(c1ccncc1C)N1CCNCC1. The van der Waals surface area contributed by atoms with Crippen LogP contribution in [0.5, 0.6) is 5.75 Å². The Kier molecular flexibility index (Phi) is 5.16. The Hall–Kier alpha value is -1.62. The van der Waals surface area contributed by atoms with E-state index in [9.17, 15) is 0 Å². The van der Waals surface area contributed by atoms with Crippen LogP contribution in [-0.2, 0) is 0 Å². The summed E-state index contributed by atoms with van der Waals surface area (Å²) < 4.78 is 5.62. The lowest BCUT2D eigenvalue weighted by Crippen LogP contribution is -2.45. The van der Waals surface area contributed by atoms with Crippen LogP contribution in [0.3, 0.4) is 0 Å². The molecule has 0 amide bonds. The first kappa shape index (κ1) is 16.2. The molecule has 1 saturated heterocycles. The number of methoxy groups -OCH3 is 1. The molecule has 0 aliphatic carbocycles. The van der Waals surface area contributed by atoms with Gasteiger partial charge in [-0.15, -0.1) is 0 Å². The van der Waals surface area contributed by atoms with Crippen molar-refractivity contribution in [2.75, 3.05) is 33.3 Å². The normalized spacial score (nSPS) is 17.0. The van der Waals surface area contributed by atoms with E-state index in [1.807, 2.05) is 30.6 Å². The van der Waals surface area contributed by atoms with Gasteiger partial charge in [-0.3, -0.25) is 9.88 Å². The average molecular weight is 332 g/mol. The minimum atomic E-state index is 0.119. The van der Waals surface area contributed by atoms with Crippen LogP contribution < -0.4 is 10.1 Å². The lowest BCUT2D eigenvalue weighted by molar-refractivity contribution is 0.195. The van der Waals surface area contributed by atoms with Gasteiger partial charge in [0, 0.05) is 49.2 Å². The standard InChI is InChI=1S/C18H22ClN3O/c1-13-12-21-6-5-15(13)18(22-9-7-20-8-10-22)16-11-14(19)3-4-17(16)23-2/h3-6,11-12,18,20H,7-10H2,1-2H3. The van der Waals surface area contributed by atoms with Gasteiger partial charge in [-0.2, -0.15) is 0 Å². The second-order valence-electron chi connectivity index (χ2n) is 5.81. The molecule has 1 aliphatic heterocycles. The third-order valence-electron chi connectivity index (χ3n) is 4.36. The number of pyridine rings is 1. The molecular formula is C18H22ClN3O. The van der Waals surface area contributed by atoms with Gasteiger partial charge in [0.25, 0.3) is 0 Å². The monoisotopic (exact) mass is 331 g/mol. The van der Waals surface area contributed by atoms with E-state index < -0.39 is 0 Å². The number of piperazine rings is 1. The van der Waals surface area contributed by atoms with E-state index in [0.717, 1.165) is 42.5 Å². The molecule has 3 rings (SSSR count). The Morgan fingerprint density at radius 3 is 2.70 bits per heavy atom. The van der Waals surface area contributed by atoms with Crippen molar-refractivity contribution in [2.45, 2.75) is 13.0 Å². The van der Waals surface area contributed by atoms with Crippen molar-refractivity contribution in [1.82, 2.24) is 15.2 Å². The summed E-state index contributed by atoms with van der Waals surface area (Å²) in [5.41, 5.74) is 3.54. The van der Waals surface area contributed by atoms with Crippen LogP contribution in [0.15, 0.2) is 36.7 Å². The van der Waals surface area contributed by atoms with Crippen LogP contribution in [0, 0.1) is 6.92 Å². The van der Waals surface area contributed by atoms with E-state index in [0.29, 0.717) is 0 Å². The number of hydrogen-bond acceptors (Lipinski definition) is 4. The van der Waals surface area contributed by atoms with E-state index >= 15 is 0 Å². The maximum atomic E-state index is 6.29. The highest BCUT2D eigenvalue weighted by molar-refractivity contribution is 6.30. The Labute approximate surface area is 142 Å². The smallest absolute Gasteiger partial charge is 0.124 e. The van der Waals surface area contributed by atoms with Crippen molar-refractivity contribution in [1.29, 1.82) is 0 Å². The molecule has 1 N–H and O–H groups in total. The Bertz CT molecular complexity index is 671. The maximum Gasteiger partial charge on any atom is 0.124 e. The van der Waals surface area contributed by atoms with Crippen LogP contribution >= 0.6 is 11.6 Å². The van der Waals surface area contributed by atoms with Crippen LogP contribution in [0.4, 0.5) is 0 Å². The molecular weight excluding hydrogens is 310 g/mol. The van der Waals surface area contributed by atoms with Crippen molar-refractivity contribution in [3.63, 3.8) is 0 Å². The predicted molar refractivity (Wildman–Crippen MR) is 93.3 cm³/mol. The molecule has 2 aromatic rings. The third kappa shape index (κ3) is 3.50. The molecule has 0 saturated carbocycles. The first-order valence-electron chi connectivity index (χ1n) is 7.89. The molecule has 1 aromatic heterocycles. The number of ether oxygens (including phenoxy) is 1. The molecule has 1 aliphatic rings. The van der Waals surface area contributed by atoms with Crippen LogP contribution in [-0.4, -0.2) is 43.2 Å². The molecule has 1 fully saturated rings. The molecule has 2 heterocycles. The number of aryl methyl sites for hydroxylation is 1. The molecule has 1 unspecified atom stereocenters. The molecule has 0 bridgehead atoms. The fraction of sp³-hybridized carbons (Fsp3) is 0.389. The van der Waals surface area contributed by atoms with Gasteiger partial charge in [-0.05, 0) is 42.3 Å². The van der Waals surface area contributed by atoms with E-state index in [2.05, 4.69) is 28.2 Å². The van der Waals surface area contributed by atoms with Gasteiger partial charge in [0.15, 0.2) is 0 Å².